The molecule has 2 rings (SSSR count). The smallest absolute Gasteiger partial charge is 0.225 e. The van der Waals surface area contributed by atoms with Gasteiger partial charge in [0.1, 0.15) is 5.82 Å². The molecule has 1 aromatic carbocycles. The first kappa shape index (κ1) is 11.6. The lowest BCUT2D eigenvalue weighted by atomic mass is 10.1. The van der Waals surface area contributed by atoms with Gasteiger partial charge in [0.25, 0.3) is 0 Å². The van der Waals surface area contributed by atoms with E-state index in [1.54, 1.807) is 0 Å². The van der Waals surface area contributed by atoms with Crippen molar-refractivity contribution in [1.29, 1.82) is 0 Å². The molecule has 17 heavy (non-hydrogen) atoms. The molecule has 4 heteroatoms. The van der Waals surface area contributed by atoms with Gasteiger partial charge in [0.2, 0.25) is 5.95 Å². The first-order valence-corrected chi connectivity index (χ1v) is 5.86. The van der Waals surface area contributed by atoms with Gasteiger partial charge in [0.15, 0.2) is 0 Å². The Morgan fingerprint density at radius 1 is 1.18 bits per heavy atom. The number of aryl methyl sites for hydroxylation is 4. The van der Waals surface area contributed by atoms with Gasteiger partial charge in [0.05, 0.1) is 0 Å². The highest BCUT2D eigenvalue weighted by molar-refractivity contribution is 5.62. The summed E-state index contributed by atoms with van der Waals surface area (Å²) in [5, 5.41) is 7.70. The van der Waals surface area contributed by atoms with E-state index in [2.05, 4.69) is 54.4 Å². The Bertz CT molecular complexity index is 508. The molecule has 1 aromatic heterocycles. The van der Waals surface area contributed by atoms with Crippen LogP contribution < -0.4 is 5.32 Å². The van der Waals surface area contributed by atoms with Crippen molar-refractivity contribution in [2.75, 3.05) is 5.32 Å². The quantitative estimate of drug-likeness (QED) is 0.881. The third-order valence-corrected chi connectivity index (χ3v) is 2.80. The molecule has 0 amide bonds. The highest BCUT2D eigenvalue weighted by Crippen LogP contribution is 2.23. The van der Waals surface area contributed by atoms with Crippen LogP contribution >= 0.6 is 0 Å². The van der Waals surface area contributed by atoms with Crippen LogP contribution in [0.4, 0.5) is 11.6 Å². The average molecular weight is 230 g/mol. The number of hydrogen-bond acceptors (Lipinski definition) is 3. The summed E-state index contributed by atoms with van der Waals surface area (Å²) in [4.78, 5) is 4.40. The third kappa shape index (κ3) is 2.30. The maximum atomic E-state index is 4.40. The Morgan fingerprint density at radius 2 is 1.82 bits per heavy atom. The molecule has 0 aliphatic heterocycles. The highest BCUT2D eigenvalue weighted by Gasteiger charge is 2.08. The van der Waals surface area contributed by atoms with E-state index in [0.29, 0.717) is 0 Å². The van der Waals surface area contributed by atoms with Crippen molar-refractivity contribution >= 4 is 11.6 Å². The van der Waals surface area contributed by atoms with Gasteiger partial charge < -0.3 is 5.32 Å². The van der Waals surface area contributed by atoms with Crippen LogP contribution in [0, 0.1) is 20.8 Å². The van der Waals surface area contributed by atoms with E-state index in [1.807, 2.05) is 11.6 Å². The van der Waals surface area contributed by atoms with Crippen LogP contribution in [0.25, 0.3) is 0 Å². The standard InChI is InChI=1S/C13H18N4/c1-5-17-13(14-11(4)16-17)15-12-9(2)7-6-8-10(12)3/h6-8H,5H2,1-4H3,(H,14,15,16). The molecule has 2 aromatic rings. The monoisotopic (exact) mass is 230 g/mol. The van der Waals surface area contributed by atoms with Gasteiger partial charge in [0, 0.05) is 12.2 Å². The molecule has 0 saturated heterocycles. The summed E-state index contributed by atoms with van der Waals surface area (Å²) in [5.41, 5.74) is 3.55. The summed E-state index contributed by atoms with van der Waals surface area (Å²) in [6.07, 6.45) is 0. The van der Waals surface area contributed by atoms with Crippen molar-refractivity contribution < 1.29 is 0 Å². The number of benzene rings is 1. The lowest BCUT2D eigenvalue weighted by Crippen LogP contribution is -2.05. The molecule has 0 bridgehead atoms. The maximum Gasteiger partial charge on any atom is 0.225 e. The van der Waals surface area contributed by atoms with Gasteiger partial charge in [-0.3, -0.25) is 0 Å². The van der Waals surface area contributed by atoms with E-state index < -0.39 is 0 Å². The number of rotatable bonds is 3. The molecule has 0 unspecified atom stereocenters. The first-order valence-electron chi connectivity index (χ1n) is 5.86. The number of para-hydroxylation sites is 1. The van der Waals surface area contributed by atoms with Crippen molar-refractivity contribution in [2.24, 2.45) is 0 Å². The minimum atomic E-state index is 0.792. The summed E-state index contributed by atoms with van der Waals surface area (Å²) < 4.78 is 1.88. The Kier molecular flexibility index (Phi) is 3.13. The fourth-order valence-electron chi connectivity index (χ4n) is 1.89. The minimum absolute atomic E-state index is 0.792. The Morgan fingerprint density at radius 3 is 2.41 bits per heavy atom. The fourth-order valence-corrected chi connectivity index (χ4v) is 1.89. The largest absolute Gasteiger partial charge is 0.324 e. The predicted octanol–water partition coefficient (Wildman–Crippen LogP) is 2.97. The molecule has 0 atom stereocenters. The highest BCUT2D eigenvalue weighted by atomic mass is 15.4. The van der Waals surface area contributed by atoms with Crippen LogP contribution in [0.15, 0.2) is 18.2 Å². The molecule has 0 aliphatic rings. The molecule has 1 heterocycles. The Balaban J connectivity index is 2.37. The number of aromatic nitrogens is 3. The summed E-state index contributed by atoms with van der Waals surface area (Å²) in [6.45, 7) is 8.96. The molecular weight excluding hydrogens is 212 g/mol. The van der Waals surface area contributed by atoms with Crippen LogP contribution in [-0.2, 0) is 6.54 Å². The van der Waals surface area contributed by atoms with Crippen molar-refractivity contribution in [3.63, 3.8) is 0 Å². The number of nitrogens with zero attached hydrogens (tertiary/aromatic N) is 3. The van der Waals surface area contributed by atoms with E-state index in [9.17, 15) is 0 Å². The number of hydrogen-bond donors (Lipinski definition) is 1. The summed E-state index contributed by atoms with van der Waals surface area (Å²) >= 11 is 0. The molecule has 0 spiro atoms. The van der Waals surface area contributed by atoms with E-state index in [0.717, 1.165) is 24.0 Å². The van der Waals surface area contributed by atoms with Gasteiger partial charge in [-0.2, -0.15) is 10.1 Å². The van der Waals surface area contributed by atoms with Gasteiger partial charge in [-0.05, 0) is 38.8 Å². The van der Waals surface area contributed by atoms with Crippen molar-refractivity contribution in [1.82, 2.24) is 14.8 Å². The van der Waals surface area contributed by atoms with Gasteiger partial charge in [-0.1, -0.05) is 18.2 Å². The van der Waals surface area contributed by atoms with Crippen LogP contribution in [0.1, 0.15) is 23.9 Å². The minimum Gasteiger partial charge on any atom is -0.324 e. The molecule has 1 N–H and O–H groups in total. The van der Waals surface area contributed by atoms with E-state index in [1.165, 1.54) is 11.1 Å². The van der Waals surface area contributed by atoms with Crippen molar-refractivity contribution in [3.8, 4) is 0 Å². The number of nitrogens with one attached hydrogen (secondary N) is 1. The van der Waals surface area contributed by atoms with Crippen LogP contribution in [0.3, 0.4) is 0 Å². The van der Waals surface area contributed by atoms with Crippen LogP contribution in [0.5, 0.6) is 0 Å². The SMILES string of the molecule is CCn1nc(C)nc1Nc1c(C)cccc1C. The maximum absolute atomic E-state index is 4.40. The van der Waals surface area contributed by atoms with Gasteiger partial charge in [-0.15, -0.1) is 0 Å². The summed E-state index contributed by atoms with van der Waals surface area (Å²) in [5.74, 6) is 1.60. The molecule has 0 aliphatic carbocycles. The van der Waals surface area contributed by atoms with E-state index in [4.69, 9.17) is 0 Å². The lowest BCUT2D eigenvalue weighted by molar-refractivity contribution is 0.661. The Hall–Kier alpha value is -1.84. The zero-order chi connectivity index (χ0) is 12.4. The molecular formula is C13H18N4. The molecule has 0 fully saturated rings. The second-order valence-corrected chi connectivity index (χ2v) is 4.19. The van der Waals surface area contributed by atoms with Crippen LogP contribution in [-0.4, -0.2) is 14.8 Å². The zero-order valence-electron chi connectivity index (χ0n) is 10.8. The number of anilines is 2. The van der Waals surface area contributed by atoms with Gasteiger partial charge in [-0.25, -0.2) is 4.68 Å². The van der Waals surface area contributed by atoms with Crippen molar-refractivity contribution in [2.45, 2.75) is 34.2 Å². The van der Waals surface area contributed by atoms with Crippen LogP contribution in [0.2, 0.25) is 0 Å². The first-order chi connectivity index (χ1) is 8.11. The predicted molar refractivity (Wildman–Crippen MR) is 69.6 cm³/mol. The Labute approximate surface area is 102 Å². The lowest BCUT2D eigenvalue weighted by Gasteiger charge is -2.11. The third-order valence-electron chi connectivity index (χ3n) is 2.80. The molecule has 0 radical (unpaired) electrons. The topological polar surface area (TPSA) is 42.7 Å². The zero-order valence-corrected chi connectivity index (χ0v) is 10.8. The van der Waals surface area contributed by atoms with E-state index in [-0.39, 0.29) is 0 Å². The second-order valence-electron chi connectivity index (χ2n) is 4.19. The summed E-state index contributed by atoms with van der Waals surface area (Å²) in [6, 6.07) is 6.25. The second kappa shape index (κ2) is 4.57. The molecule has 90 valence electrons. The molecule has 0 saturated carbocycles. The van der Waals surface area contributed by atoms with Gasteiger partial charge >= 0.3 is 0 Å². The van der Waals surface area contributed by atoms with E-state index >= 15 is 0 Å². The normalized spacial score (nSPS) is 10.6. The fraction of sp³-hybridized carbons (Fsp3) is 0.385. The van der Waals surface area contributed by atoms with Crippen molar-refractivity contribution in [3.05, 3.63) is 35.2 Å². The molecule has 4 nitrogen and oxygen atoms in total. The average Bonchev–Trinajstić information content (AvgIpc) is 2.64. The summed E-state index contributed by atoms with van der Waals surface area (Å²) in [7, 11) is 0.